The van der Waals surface area contributed by atoms with Gasteiger partial charge in [-0.3, -0.25) is 0 Å². The van der Waals surface area contributed by atoms with Crippen molar-refractivity contribution in [3.8, 4) is 11.1 Å². The molecule has 0 fully saturated rings. The van der Waals surface area contributed by atoms with Gasteiger partial charge in [-0.1, -0.05) is 72.8 Å². The molecule has 0 aliphatic rings. The van der Waals surface area contributed by atoms with Gasteiger partial charge in [-0.2, -0.15) is 0 Å². The number of benzene rings is 7. The zero-order valence-corrected chi connectivity index (χ0v) is 33.0. The van der Waals surface area contributed by atoms with Gasteiger partial charge in [0.25, 0.3) is 0 Å². The first-order valence-corrected chi connectivity index (χ1v) is 18.8. The van der Waals surface area contributed by atoms with E-state index in [-0.39, 0.29) is 0 Å². The van der Waals surface area contributed by atoms with E-state index in [0.29, 0.717) is 0 Å². The Bertz CT molecular complexity index is 2920. The topological polar surface area (TPSA) is 3.88 Å². The maximum absolute atomic E-state index is 15.4. The largest absolute Gasteiger partial charge is 0.207 e. The summed E-state index contributed by atoms with van der Waals surface area (Å²) in [5.41, 5.74) is -10.5. The Morgan fingerprint density at radius 2 is 0.588 bits per heavy atom. The zero-order valence-electron chi connectivity index (χ0n) is 33.0. The number of aromatic nitrogens is 1. The fourth-order valence-corrected chi connectivity index (χ4v) is 7.89. The molecule has 0 atom stereocenters. The van der Waals surface area contributed by atoms with Crippen LogP contribution in [0.1, 0.15) is 5.56 Å². The van der Waals surface area contributed by atoms with Crippen molar-refractivity contribution in [1.82, 2.24) is 0 Å². The second-order valence-electron chi connectivity index (χ2n) is 14.6. The molecule has 22 heteroatoms. The van der Waals surface area contributed by atoms with Gasteiger partial charge in [-0.25, -0.2) is 92.4 Å². The van der Waals surface area contributed by atoms with Crippen LogP contribution in [-0.2, 0) is 6.54 Å². The molecule has 0 amide bonds. The highest BCUT2D eigenvalue weighted by Gasteiger charge is 2.52. The lowest BCUT2D eigenvalue weighted by Gasteiger charge is -2.44. The van der Waals surface area contributed by atoms with Gasteiger partial charge in [0.1, 0.15) is 52.7 Å². The third-order valence-electron chi connectivity index (χ3n) is 10.9. The average molecular weight is 975 g/mol. The Morgan fingerprint density at radius 1 is 0.294 bits per heavy atom. The molecule has 0 aliphatic carbocycles. The molecule has 68 heavy (non-hydrogen) atoms. The van der Waals surface area contributed by atoms with Gasteiger partial charge in [0.05, 0.1) is 0 Å². The Hall–Kier alpha value is -7.39. The summed E-state index contributed by atoms with van der Waals surface area (Å²) in [5, 5.41) is 2.59. The molecule has 0 N–H and O–H groups in total. The monoisotopic (exact) mass is 975 g/mol. The third kappa shape index (κ3) is 7.64. The summed E-state index contributed by atoms with van der Waals surface area (Å²) < 4.78 is 296. The Morgan fingerprint density at radius 3 is 0.941 bits per heavy atom. The summed E-state index contributed by atoms with van der Waals surface area (Å²) >= 11 is 0. The van der Waals surface area contributed by atoms with Crippen molar-refractivity contribution in [3.63, 3.8) is 0 Å². The first kappa shape index (κ1) is 48.5. The van der Waals surface area contributed by atoms with E-state index in [1.165, 1.54) is 27.5 Å². The average Bonchev–Trinajstić information content (AvgIpc) is 3.34. The number of pyridine rings is 1. The van der Waals surface area contributed by atoms with Gasteiger partial charge in [0.2, 0.25) is 0 Å². The smallest absolute Gasteiger partial charge is 0.200 e. The number of fused-ring (bicyclic) bond motifs is 1. The van der Waals surface area contributed by atoms with Gasteiger partial charge >= 0.3 is 0 Å². The van der Waals surface area contributed by atoms with Crippen molar-refractivity contribution in [3.05, 3.63) is 219 Å². The predicted molar refractivity (Wildman–Crippen MR) is 204 cm³/mol. The molecule has 0 saturated carbocycles. The van der Waals surface area contributed by atoms with Gasteiger partial charge in [0.15, 0.2) is 88.7 Å². The van der Waals surface area contributed by atoms with E-state index in [1.54, 1.807) is 0 Å². The van der Waals surface area contributed by atoms with Gasteiger partial charge in [-0.05, 0) is 21.9 Å². The van der Waals surface area contributed by atoms with E-state index < -0.39 is 144 Å². The summed E-state index contributed by atoms with van der Waals surface area (Å²) in [7, 11) is 0. The fourth-order valence-electron chi connectivity index (χ4n) is 7.89. The van der Waals surface area contributed by atoms with Crippen molar-refractivity contribution >= 4 is 38.8 Å². The van der Waals surface area contributed by atoms with Crippen LogP contribution in [0.5, 0.6) is 0 Å². The molecule has 1 aromatic heterocycles. The summed E-state index contributed by atoms with van der Waals surface area (Å²) in [6.45, 7) is 0.899. The minimum atomic E-state index is -7.22. The summed E-state index contributed by atoms with van der Waals surface area (Å²) in [5.74, 6) is -71.4. The molecule has 1 heterocycles. The number of hydrogen-bond donors (Lipinski definition) is 0. The van der Waals surface area contributed by atoms with Crippen LogP contribution in [0, 0.1) is 116 Å². The molecule has 8 rings (SSSR count). The van der Waals surface area contributed by atoms with E-state index >= 15 is 35.1 Å². The first-order valence-electron chi connectivity index (χ1n) is 18.8. The van der Waals surface area contributed by atoms with E-state index in [4.69, 9.17) is 0 Å². The fraction of sp³-hybridized carbons (Fsp3) is 0.0217. The van der Waals surface area contributed by atoms with Crippen LogP contribution in [0.4, 0.5) is 87.8 Å². The normalized spacial score (nSPS) is 11.6. The van der Waals surface area contributed by atoms with Crippen molar-refractivity contribution in [2.75, 3.05) is 0 Å². The van der Waals surface area contributed by atoms with Crippen molar-refractivity contribution in [2.24, 2.45) is 0 Å². The number of hydrogen-bond acceptors (Lipinski definition) is 0. The third-order valence-corrected chi connectivity index (χ3v) is 10.9. The SMILES string of the molecule is Fc1c(F)c(F)c([B-](c2c(F)c(F)c(F)c(F)c2F)(c2c(F)c(F)c(F)c(F)c2F)c2c(F)c(F)c(F)c(F)c2F)c(F)c1F.c1ccc(C[n+]2ccc(-c3cccc4ccccc34)cc2)cc1. The maximum atomic E-state index is 15.4. The highest BCUT2D eigenvalue weighted by Crippen LogP contribution is 2.32. The summed E-state index contributed by atoms with van der Waals surface area (Å²) in [6, 6.07) is 30.0. The van der Waals surface area contributed by atoms with E-state index in [0.717, 1.165) is 6.54 Å². The van der Waals surface area contributed by atoms with E-state index in [2.05, 4.69) is 102 Å². The number of nitrogens with zero attached hydrogens (tertiary/aromatic N) is 1. The van der Waals surface area contributed by atoms with Crippen LogP contribution in [0.2, 0.25) is 0 Å². The highest BCUT2D eigenvalue weighted by molar-refractivity contribution is 7.20. The van der Waals surface area contributed by atoms with Crippen LogP contribution in [0.25, 0.3) is 21.9 Å². The highest BCUT2D eigenvalue weighted by atomic mass is 19.2. The van der Waals surface area contributed by atoms with Crippen LogP contribution < -0.4 is 26.4 Å². The molecule has 7 aromatic carbocycles. The van der Waals surface area contributed by atoms with Crippen LogP contribution >= 0.6 is 0 Å². The molecule has 0 radical (unpaired) electrons. The molecule has 0 aliphatic heterocycles. The van der Waals surface area contributed by atoms with Crippen molar-refractivity contribution in [2.45, 2.75) is 6.54 Å². The first-order chi connectivity index (χ1) is 32.1. The zero-order chi connectivity index (χ0) is 49.8. The van der Waals surface area contributed by atoms with Crippen LogP contribution in [0.3, 0.4) is 0 Å². The summed E-state index contributed by atoms with van der Waals surface area (Å²) in [4.78, 5) is 0. The Kier molecular flexibility index (Phi) is 13.1. The number of halogens is 20. The van der Waals surface area contributed by atoms with Gasteiger partial charge in [0, 0.05) is 17.7 Å². The minimum absolute atomic E-state index is 0.899. The molecule has 350 valence electrons. The maximum Gasteiger partial charge on any atom is 0.200 e. The Labute approximate surface area is 367 Å². The molecule has 0 saturated heterocycles. The summed E-state index contributed by atoms with van der Waals surface area (Å²) in [6.07, 6.45) is -2.90. The van der Waals surface area contributed by atoms with Crippen LogP contribution in [0.15, 0.2) is 97.3 Å². The molecular formula is C46H18BF20N. The molecule has 0 unspecified atom stereocenters. The molecule has 1 nitrogen and oxygen atoms in total. The Balaban J connectivity index is 0.000000246. The van der Waals surface area contributed by atoms with Crippen LogP contribution in [-0.4, -0.2) is 6.15 Å². The van der Waals surface area contributed by atoms with Crippen molar-refractivity contribution in [1.29, 1.82) is 0 Å². The lowest BCUT2D eigenvalue weighted by molar-refractivity contribution is -0.688. The van der Waals surface area contributed by atoms with Gasteiger partial charge < -0.3 is 0 Å². The molecule has 0 spiro atoms. The van der Waals surface area contributed by atoms with Gasteiger partial charge in [-0.15, -0.1) is 21.9 Å². The molecular weight excluding hydrogens is 957 g/mol. The quantitative estimate of drug-likeness (QED) is 0.0493. The number of rotatable bonds is 7. The molecule has 8 aromatic rings. The second kappa shape index (κ2) is 18.4. The van der Waals surface area contributed by atoms with E-state index in [1.807, 2.05) is 0 Å². The lowest BCUT2D eigenvalue weighted by Crippen LogP contribution is -2.81. The minimum Gasteiger partial charge on any atom is -0.207 e. The van der Waals surface area contributed by atoms with Crippen molar-refractivity contribution < 1.29 is 92.4 Å². The second-order valence-corrected chi connectivity index (χ2v) is 14.6. The van der Waals surface area contributed by atoms with E-state index in [9.17, 15) is 52.7 Å². The standard InChI is InChI=1S/C24BF20.C22H18N/c26-5-1(6(27)14(35)21(42)13(5)34)25(2-7(28)15(36)22(43)16(37)8(2)29,3-9(30)17(38)23(44)18(39)10(3)31)4-11(32)19(40)24(45)20(41)12(4)33;1-2-7-18(8-3-1)17-23-15-13-20(14-16-23)22-12-6-10-19-9-4-5-11-21(19)22/h;1-16H,17H2/q-1;+1. The lowest BCUT2D eigenvalue weighted by atomic mass is 9.12. The predicted octanol–water partition coefficient (Wildman–Crippen LogP) is 10.7. The molecule has 0 bridgehead atoms.